The summed E-state index contributed by atoms with van der Waals surface area (Å²) in [7, 11) is -4.38. The zero-order chi connectivity index (χ0) is 22.0. The Bertz CT molecular complexity index is 1020. The van der Waals surface area contributed by atoms with Crippen LogP contribution in [0.15, 0.2) is 41.3 Å². The van der Waals surface area contributed by atoms with Crippen LogP contribution in [-0.2, 0) is 22.7 Å². The van der Waals surface area contributed by atoms with Gasteiger partial charge in [-0.25, -0.2) is 18.1 Å². The van der Waals surface area contributed by atoms with Crippen LogP contribution < -0.4 is 9.46 Å². The SMILES string of the molecule is CC(C)(C)Oc1cc(C(F)(F)F)cc(CNS(=O)(=O)c2ccccc2[N+](=O)[O-])n1. The maximum absolute atomic E-state index is 13.2. The summed E-state index contributed by atoms with van der Waals surface area (Å²) in [6.07, 6.45) is -4.70. The average Bonchev–Trinajstić information content (AvgIpc) is 2.57. The number of hydrogen-bond acceptors (Lipinski definition) is 6. The van der Waals surface area contributed by atoms with Crippen LogP contribution in [0.3, 0.4) is 0 Å². The quantitative estimate of drug-likeness (QED) is 0.550. The van der Waals surface area contributed by atoms with E-state index in [0.29, 0.717) is 12.1 Å². The summed E-state index contributed by atoms with van der Waals surface area (Å²) in [6, 6.07) is 6.00. The first-order chi connectivity index (χ1) is 13.2. The van der Waals surface area contributed by atoms with Crippen molar-refractivity contribution < 1.29 is 31.2 Å². The lowest BCUT2D eigenvalue weighted by Gasteiger charge is -2.21. The van der Waals surface area contributed by atoms with Gasteiger partial charge in [0.1, 0.15) is 5.60 Å². The lowest BCUT2D eigenvalue weighted by molar-refractivity contribution is -0.387. The van der Waals surface area contributed by atoms with E-state index in [2.05, 4.69) is 4.98 Å². The maximum Gasteiger partial charge on any atom is 0.416 e. The van der Waals surface area contributed by atoms with E-state index in [0.717, 1.165) is 12.1 Å². The highest BCUT2D eigenvalue weighted by atomic mass is 32.2. The Morgan fingerprint density at radius 1 is 1.17 bits per heavy atom. The molecule has 158 valence electrons. The first kappa shape index (κ1) is 22.6. The second kappa shape index (κ2) is 7.95. The van der Waals surface area contributed by atoms with Crippen molar-refractivity contribution >= 4 is 15.7 Å². The first-order valence-corrected chi connectivity index (χ1v) is 9.68. The van der Waals surface area contributed by atoms with E-state index < -0.39 is 49.4 Å². The predicted molar refractivity (Wildman–Crippen MR) is 96.7 cm³/mol. The van der Waals surface area contributed by atoms with Gasteiger partial charge in [0.2, 0.25) is 15.9 Å². The van der Waals surface area contributed by atoms with Crippen molar-refractivity contribution in [3.63, 3.8) is 0 Å². The largest absolute Gasteiger partial charge is 0.472 e. The number of nitro groups is 1. The minimum Gasteiger partial charge on any atom is -0.472 e. The molecule has 0 atom stereocenters. The Hall–Kier alpha value is -2.73. The van der Waals surface area contributed by atoms with E-state index in [-0.39, 0.29) is 11.6 Å². The number of aromatic nitrogens is 1. The molecule has 0 amide bonds. The van der Waals surface area contributed by atoms with E-state index in [4.69, 9.17) is 4.74 Å². The Kier molecular flexibility index (Phi) is 6.18. The fraction of sp³-hybridized carbons (Fsp3) is 0.353. The number of halogens is 3. The maximum atomic E-state index is 13.2. The highest BCUT2D eigenvalue weighted by molar-refractivity contribution is 7.89. The molecule has 0 saturated carbocycles. The molecule has 0 radical (unpaired) electrons. The molecule has 2 aromatic rings. The molecular weight excluding hydrogens is 415 g/mol. The molecule has 0 spiro atoms. The number of ether oxygens (including phenoxy) is 1. The molecular formula is C17H18F3N3O5S. The number of nitrogens with zero attached hydrogens (tertiary/aromatic N) is 2. The van der Waals surface area contributed by atoms with Gasteiger partial charge in [-0.05, 0) is 32.9 Å². The molecule has 0 aliphatic rings. The molecule has 0 fully saturated rings. The third kappa shape index (κ3) is 6.12. The van der Waals surface area contributed by atoms with Crippen molar-refractivity contribution in [2.45, 2.75) is 44.0 Å². The number of alkyl halides is 3. The molecule has 1 aromatic carbocycles. The first-order valence-electron chi connectivity index (χ1n) is 8.19. The minimum absolute atomic E-state index is 0.263. The number of sulfonamides is 1. The number of nitrogens with one attached hydrogen (secondary N) is 1. The monoisotopic (exact) mass is 433 g/mol. The van der Waals surface area contributed by atoms with Crippen LogP contribution in [0.5, 0.6) is 5.88 Å². The van der Waals surface area contributed by atoms with E-state index in [1.165, 1.54) is 12.1 Å². The topological polar surface area (TPSA) is 111 Å². The molecule has 0 aliphatic heterocycles. The summed E-state index contributed by atoms with van der Waals surface area (Å²) < 4.78 is 71.8. The highest BCUT2D eigenvalue weighted by Gasteiger charge is 2.33. The van der Waals surface area contributed by atoms with Gasteiger partial charge in [0.05, 0.1) is 22.7 Å². The van der Waals surface area contributed by atoms with Gasteiger partial charge in [0.25, 0.3) is 5.69 Å². The molecule has 0 bridgehead atoms. The zero-order valence-electron chi connectivity index (χ0n) is 15.6. The number of nitro benzene ring substituents is 1. The van der Waals surface area contributed by atoms with Gasteiger partial charge in [-0.2, -0.15) is 13.2 Å². The van der Waals surface area contributed by atoms with Crippen molar-refractivity contribution in [1.29, 1.82) is 0 Å². The Morgan fingerprint density at radius 2 is 1.79 bits per heavy atom. The van der Waals surface area contributed by atoms with Gasteiger partial charge in [0.15, 0.2) is 4.90 Å². The number of hydrogen-bond donors (Lipinski definition) is 1. The fourth-order valence-corrected chi connectivity index (χ4v) is 3.43. The van der Waals surface area contributed by atoms with Crippen LogP contribution in [0.1, 0.15) is 32.0 Å². The summed E-state index contributed by atoms with van der Waals surface area (Å²) in [5.74, 6) is -0.327. The fourth-order valence-electron chi connectivity index (χ4n) is 2.26. The Labute approximate surface area is 164 Å². The van der Waals surface area contributed by atoms with Crippen LogP contribution in [0, 0.1) is 10.1 Å². The summed E-state index contributed by atoms with van der Waals surface area (Å²) in [6.45, 7) is 4.22. The van der Waals surface area contributed by atoms with E-state index >= 15 is 0 Å². The molecule has 0 aliphatic carbocycles. The van der Waals surface area contributed by atoms with E-state index in [1.54, 1.807) is 20.8 Å². The summed E-state index contributed by atoms with van der Waals surface area (Å²) >= 11 is 0. The molecule has 12 heteroatoms. The number of benzene rings is 1. The van der Waals surface area contributed by atoms with Crippen molar-refractivity contribution in [3.8, 4) is 5.88 Å². The third-order valence-electron chi connectivity index (χ3n) is 3.39. The van der Waals surface area contributed by atoms with Crippen LogP contribution >= 0.6 is 0 Å². The van der Waals surface area contributed by atoms with Crippen molar-refractivity contribution in [2.24, 2.45) is 0 Å². The van der Waals surface area contributed by atoms with Gasteiger partial charge in [-0.1, -0.05) is 12.1 Å². The van der Waals surface area contributed by atoms with Gasteiger partial charge >= 0.3 is 6.18 Å². The van der Waals surface area contributed by atoms with Crippen LogP contribution in [0.25, 0.3) is 0 Å². The lowest BCUT2D eigenvalue weighted by Crippen LogP contribution is -2.26. The van der Waals surface area contributed by atoms with Crippen LogP contribution in [0.4, 0.5) is 18.9 Å². The second-order valence-electron chi connectivity index (χ2n) is 6.95. The number of rotatable bonds is 6. The van der Waals surface area contributed by atoms with Crippen molar-refractivity contribution in [1.82, 2.24) is 9.71 Å². The van der Waals surface area contributed by atoms with Crippen LogP contribution in [0.2, 0.25) is 0 Å². The van der Waals surface area contributed by atoms with Gasteiger partial charge < -0.3 is 4.74 Å². The van der Waals surface area contributed by atoms with Gasteiger partial charge in [-0.15, -0.1) is 0 Å². The standard InChI is InChI=1S/C17H18F3N3O5S/c1-16(2,3)28-15-9-11(17(18,19)20)8-12(22-15)10-21-29(26,27)14-7-5-4-6-13(14)23(24)25/h4-9,21H,10H2,1-3H3. The highest BCUT2D eigenvalue weighted by Crippen LogP contribution is 2.32. The molecule has 29 heavy (non-hydrogen) atoms. The van der Waals surface area contributed by atoms with Gasteiger partial charge in [0, 0.05) is 12.1 Å². The van der Waals surface area contributed by atoms with Crippen LogP contribution in [-0.4, -0.2) is 23.9 Å². The van der Waals surface area contributed by atoms with E-state index in [9.17, 15) is 31.7 Å². The van der Waals surface area contributed by atoms with E-state index in [1.807, 2.05) is 4.72 Å². The number of pyridine rings is 1. The predicted octanol–water partition coefficient (Wildman–Crippen LogP) is 3.66. The zero-order valence-corrected chi connectivity index (χ0v) is 16.5. The summed E-state index contributed by atoms with van der Waals surface area (Å²) in [5, 5.41) is 11.0. The molecule has 0 unspecified atom stereocenters. The Balaban J connectivity index is 2.36. The molecule has 1 N–H and O–H groups in total. The third-order valence-corrected chi connectivity index (χ3v) is 4.84. The average molecular weight is 433 g/mol. The summed E-state index contributed by atoms with van der Waals surface area (Å²) in [4.78, 5) is 13.5. The molecule has 1 aromatic heterocycles. The van der Waals surface area contributed by atoms with Crippen molar-refractivity contribution in [3.05, 3.63) is 57.8 Å². The smallest absolute Gasteiger partial charge is 0.416 e. The number of para-hydroxylation sites is 1. The molecule has 0 saturated heterocycles. The normalized spacial score (nSPS) is 12.6. The Morgan fingerprint density at radius 3 is 2.34 bits per heavy atom. The minimum atomic E-state index is -4.70. The lowest BCUT2D eigenvalue weighted by atomic mass is 10.2. The van der Waals surface area contributed by atoms with Gasteiger partial charge in [-0.3, -0.25) is 10.1 Å². The summed E-state index contributed by atoms with van der Waals surface area (Å²) in [5.41, 5.74) is -2.82. The molecule has 2 rings (SSSR count). The molecule has 1 heterocycles. The molecule has 8 nitrogen and oxygen atoms in total. The second-order valence-corrected chi connectivity index (χ2v) is 8.68. The van der Waals surface area contributed by atoms with Crippen molar-refractivity contribution in [2.75, 3.05) is 0 Å².